The molecule has 86 valence electrons. The molecular weight excluding hydrogens is 368 g/mol. The van der Waals surface area contributed by atoms with Crippen LogP contribution in [0.15, 0.2) is 10.1 Å². The highest BCUT2D eigenvalue weighted by atomic mass is 35.5. The minimum absolute atomic E-state index is 0.0581. The van der Waals surface area contributed by atoms with E-state index >= 15 is 0 Å². The molecule has 0 aromatic carbocycles. The minimum Gasteiger partial charge on any atom is -0.119 e. The van der Waals surface area contributed by atoms with E-state index in [1.807, 2.05) is 0 Å². The third-order valence-corrected chi connectivity index (χ3v) is 8.53. The van der Waals surface area contributed by atoms with E-state index < -0.39 is 24.8 Å². The van der Waals surface area contributed by atoms with Crippen molar-refractivity contribution in [2.45, 2.75) is 24.8 Å². The highest BCUT2D eigenvalue weighted by molar-refractivity contribution is 6.68. The minimum atomic E-state index is -1.64. The predicted octanol–water partition coefficient (Wildman–Crippen LogP) is 5.05. The maximum atomic E-state index is 6.23. The second-order valence-corrected chi connectivity index (χ2v) is 7.65. The van der Waals surface area contributed by atoms with E-state index in [-0.39, 0.29) is 10.1 Å². The fraction of sp³-hybridized carbons (Fsp3) is 0.714. The Labute approximate surface area is 127 Å². The first-order valence-electron chi connectivity index (χ1n) is 3.73. The van der Waals surface area contributed by atoms with Gasteiger partial charge in [-0.2, -0.15) is 0 Å². The smallest absolute Gasteiger partial charge is 0.119 e. The first-order chi connectivity index (χ1) is 6.63. The molecule has 0 aromatic heterocycles. The molecule has 15 heavy (non-hydrogen) atoms. The third kappa shape index (κ3) is 1.17. The lowest BCUT2D eigenvalue weighted by Gasteiger charge is -2.31. The summed E-state index contributed by atoms with van der Waals surface area (Å²) in [7, 11) is 0. The Bertz CT molecular complexity index is 330. The van der Waals surface area contributed by atoms with Crippen LogP contribution in [0.25, 0.3) is 0 Å². The second-order valence-electron chi connectivity index (χ2n) is 3.43. The number of hydrogen-bond donors (Lipinski definition) is 0. The highest BCUT2D eigenvalue weighted by Crippen LogP contribution is 2.74. The summed E-state index contributed by atoms with van der Waals surface area (Å²) in [4.78, 5) is -2.91. The van der Waals surface area contributed by atoms with E-state index in [2.05, 4.69) is 0 Å². The third-order valence-electron chi connectivity index (χ3n) is 2.76. The van der Waals surface area contributed by atoms with Gasteiger partial charge in [0.25, 0.3) is 0 Å². The number of alkyl halides is 6. The predicted molar refractivity (Wildman–Crippen MR) is 69.6 cm³/mol. The molecule has 0 radical (unpaired) electrons. The van der Waals surface area contributed by atoms with E-state index in [0.29, 0.717) is 0 Å². The Balaban J connectivity index is 2.76. The van der Waals surface area contributed by atoms with Crippen LogP contribution in [-0.2, 0) is 0 Å². The molecule has 0 nitrogen and oxygen atoms in total. The van der Waals surface area contributed by atoms with Gasteiger partial charge in [0.05, 0.1) is 20.8 Å². The molecular formula is C7H2Cl8. The van der Waals surface area contributed by atoms with E-state index in [1.165, 1.54) is 0 Å². The Morgan fingerprint density at radius 1 is 0.733 bits per heavy atom. The van der Waals surface area contributed by atoms with Gasteiger partial charge >= 0.3 is 0 Å². The zero-order chi connectivity index (χ0) is 11.8. The van der Waals surface area contributed by atoms with Crippen LogP contribution in [0.3, 0.4) is 0 Å². The summed E-state index contributed by atoms with van der Waals surface area (Å²) in [5, 5.41) is -1.49. The average Bonchev–Trinajstić information content (AvgIpc) is 2.34. The number of hydrogen-bond acceptors (Lipinski definition) is 0. The van der Waals surface area contributed by atoms with Crippen molar-refractivity contribution in [3.63, 3.8) is 0 Å². The van der Waals surface area contributed by atoms with Gasteiger partial charge in [-0.15, -0.1) is 46.4 Å². The molecule has 2 bridgehead atoms. The molecule has 0 heterocycles. The van der Waals surface area contributed by atoms with Crippen molar-refractivity contribution in [1.82, 2.24) is 0 Å². The van der Waals surface area contributed by atoms with Crippen molar-refractivity contribution < 1.29 is 0 Å². The summed E-state index contributed by atoms with van der Waals surface area (Å²) >= 11 is 48.7. The van der Waals surface area contributed by atoms with Crippen LogP contribution in [0.2, 0.25) is 0 Å². The first kappa shape index (κ1) is 13.5. The maximum absolute atomic E-state index is 6.23. The van der Waals surface area contributed by atoms with Crippen LogP contribution in [0.1, 0.15) is 0 Å². The van der Waals surface area contributed by atoms with Gasteiger partial charge < -0.3 is 0 Å². The Kier molecular flexibility index (Phi) is 3.19. The molecule has 4 atom stereocenters. The number of halogens is 8. The van der Waals surface area contributed by atoms with Crippen LogP contribution < -0.4 is 0 Å². The summed E-state index contributed by atoms with van der Waals surface area (Å²) < 4.78 is -1.64. The number of rotatable bonds is 0. The molecule has 1 saturated carbocycles. The fourth-order valence-corrected chi connectivity index (χ4v) is 5.98. The Hall–Kier alpha value is 2.06. The quantitative estimate of drug-likeness (QED) is 0.524. The molecule has 8 heteroatoms. The molecule has 2 aliphatic rings. The van der Waals surface area contributed by atoms with Crippen LogP contribution in [0, 0.1) is 0 Å². The van der Waals surface area contributed by atoms with E-state index in [9.17, 15) is 0 Å². The monoisotopic (exact) mass is 366 g/mol. The number of allylic oxidation sites excluding steroid dienone is 2. The summed E-state index contributed by atoms with van der Waals surface area (Å²) in [6, 6.07) is 0. The SMILES string of the molecule is ClC1=C(Cl)[C@]2(Cl)[C@@H](Cl)[C@@H](Cl)[C@@]1(Cl)C2(Cl)Cl. The fourth-order valence-electron chi connectivity index (χ4n) is 1.85. The number of fused-ring (bicyclic) bond motifs is 2. The Morgan fingerprint density at radius 2 is 1.00 bits per heavy atom. The molecule has 2 rings (SSSR count). The standard InChI is InChI=1S/C7H2Cl8/c8-1-2(9)6(13)4(11)3(10)5(1,12)7(6,14)15/h1-2H/t1-,2+,5+,6-. The van der Waals surface area contributed by atoms with E-state index in [0.717, 1.165) is 0 Å². The van der Waals surface area contributed by atoms with Gasteiger partial charge in [-0.05, 0) is 0 Å². The van der Waals surface area contributed by atoms with Crippen molar-refractivity contribution in [2.75, 3.05) is 0 Å². The topological polar surface area (TPSA) is 0 Å². The lowest BCUT2D eigenvalue weighted by atomic mass is 10.1. The summed E-state index contributed by atoms with van der Waals surface area (Å²) in [5.74, 6) is 0. The van der Waals surface area contributed by atoms with Crippen molar-refractivity contribution >= 4 is 92.8 Å². The zero-order valence-electron chi connectivity index (χ0n) is 6.68. The molecule has 2 aliphatic carbocycles. The summed E-state index contributed by atoms with van der Waals surface area (Å²) in [6.07, 6.45) is 0. The molecule has 1 fully saturated rings. The Morgan fingerprint density at radius 3 is 1.20 bits per heavy atom. The van der Waals surface area contributed by atoms with Crippen molar-refractivity contribution in [3.8, 4) is 0 Å². The molecule has 0 aliphatic heterocycles. The normalized spacial score (nSPS) is 52.8. The van der Waals surface area contributed by atoms with Gasteiger partial charge in [0.15, 0.2) is 4.33 Å². The van der Waals surface area contributed by atoms with Gasteiger partial charge in [0, 0.05) is 0 Å². The summed E-state index contributed by atoms with van der Waals surface area (Å²) in [5.41, 5.74) is 0. The van der Waals surface area contributed by atoms with Gasteiger partial charge in [-0.3, -0.25) is 0 Å². The molecule has 0 N–H and O–H groups in total. The van der Waals surface area contributed by atoms with E-state index in [1.54, 1.807) is 0 Å². The van der Waals surface area contributed by atoms with Crippen LogP contribution in [0.5, 0.6) is 0 Å². The maximum Gasteiger partial charge on any atom is 0.169 e. The van der Waals surface area contributed by atoms with Gasteiger partial charge in [-0.25, -0.2) is 0 Å². The molecule has 0 spiro atoms. The van der Waals surface area contributed by atoms with Crippen LogP contribution in [-0.4, -0.2) is 24.8 Å². The van der Waals surface area contributed by atoms with E-state index in [4.69, 9.17) is 92.8 Å². The van der Waals surface area contributed by atoms with Gasteiger partial charge in [0.1, 0.15) is 9.75 Å². The van der Waals surface area contributed by atoms with Crippen molar-refractivity contribution in [3.05, 3.63) is 10.1 Å². The van der Waals surface area contributed by atoms with Gasteiger partial charge in [0.2, 0.25) is 0 Å². The van der Waals surface area contributed by atoms with Crippen LogP contribution >= 0.6 is 92.8 Å². The highest BCUT2D eigenvalue weighted by Gasteiger charge is 2.82. The molecule has 0 unspecified atom stereocenters. The lowest BCUT2D eigenvalue weighted by Crippen LogP contribution is -2.45. The summed E-state index contributed by atoms with van der Waals surface area (Å²) in [6.45, 7) is 0. The van der Waals surface area contributed by atoms with Crippen molar-refractivity contribution in [2.24, 2.45) is 0 Å². The zero-order valence-corrected chi connectivity index (χ0v) is 12.7. The van der Waals surface area contributed by atoms with Crippen LogP contribution in [0.4, 0.5) is 0 Å². The molecule has 0 saturated heterocycles. The lowest BCUT2D eigenvalue weighted by molar-refractivity contribution is 0.685. The second kappa shape index (κ2) is 3.54. The average molecular weight is 370 g/mol. The van der Waals surface area contributed by atoms with Crippen molar-refractivity contribution in [1.29, 1.82) is 0 Å². The largest absolute Gasteiger partial charge is 0.169 e. The first-order valence-corrected chi connectivity index (χ1v) is 6.87. The van der Waals surface area contributed by atoms with Gasteiger partial charge in [-0.1, -0.05) is 46.4 Å². The molecule has 0 amide bonds. The molecule has 0 aromatic rings.